The van der Waals surface area contributed by atoms with Crippen LogP contribution in [-0.4, -0.2) is 30.1 Å². The number of rotatable bonds is 2. The van der Waals surface area contributed by atoms with E-state index in [0.717, 1.165) is 11.5 Å². The van der Waals surface area contributed by atoms with Gasteiger partial charge in [0.25, 0.3) is 11.5 Å². The Hall–Kier alpha value is -3.07. The lowest BCUT2D eigenvalue weighted by Crippen LogP contribution is -2.15. The molecule has 22 heavy (non-hydrogen) atoms. The number of amides is 1. The fourth-order valence-corrected chi connectivity index (χ4v) is 2.78. The molecule has 0 aliphatic carbocycles. The van der Waals surface area contributed by atoms with Gasteiger partial charge in [-0.2, -0.15) is 5.10 Å². The van der Waals surface area contributed by atoms with E-state index in [9.17, 15) is 9.59 Å². The second-order valence-electron chi connectivity index (χ2n) is 4.52. The Kier molecular flexibility index (Phi) is 2.73. The Labute approximate surface area is 126 Å². The summed E-state index contributed by atoms with van der Waals surface area (Å²) < 4.78 is 5.20. The fourth-order valence-electron chi connectivity index (χ4n) is 2.14. The minimum absolute atomic E-state index is 0.204. The predicted octanol–water partition coefficient (Wildman–Crippen LogP) is 1.28. The summed E-state index contributed by atoms with van der Waals surface area (Å²) in [6.45, 7) is 0. The number of aromatic amines is 1. The molecule has 3 aromatic heterocycles. The molecule has 0 fully saturated rings. The van der Waals surface area contributed by atoms with Crippen molar-refractivity contribution in [3.8, 4) is 0 Å². The summed E-state index contributed by atoms with van der Waals surface area (Å²) in [5.74, 6) is -0.353. The molecule has 0 aliphatic rings. The van der Waals surface area contributed by atoms with Gasteiger partial charge in [-0.1, -0.05) is 22.7 Å². The van der Waals surface area contributed by atoms with Gasteiger partial charge in [-0.05, 0) is 12.1 Å². The molecule has 0 saturated heterocycles. The number of carbonyl (C=O) groups is 1. The molecule has 0 radical (unpaired) electrons. The van der Waals surface area contributed by atoms with Crippen molar-refractivity contribution in [1.29, 1.82) is 0 Å². The van der Waals surface area contributed by atoms with Crippen LogP contribution in [0.3, 0.4) is 0 Å². The molecule has 1 aromatic carbocycles. The van der Waals surface area contributed by atoms with Crippen molar-refractivity contribution in [2.24, 2.45) is 0 Å². The van der Waals surface area contributed by atoms with E-state index in [1.165, 1.54) is 10.7 Å². The van der Waals surface area contributed by atoms with Crippen LogP contribution in [0, 0.1) is 0 Å². The van der Waals surface area contributed by atoms with E-state index in [4.69, 9.17) is 0 Å². The number of nitrogens with zero attached hydrogens (tertiary/aromatic N) is 4. The number of anilines is 1. The van der Waals surface area contributed by atoms with E-state index < -0.39 is 5.56 Å². The maximum atomic E-state index is 12.4. The zero-order valence-corrected chi connectivity index (χ0v) is 11.8. The number of aromatic nitrogens is 5. The third kappa shape index (κ3) is 1.87. The maximum Gasteiger partial charge on any atom is 0.280 e. The first-order valence-electron chi connectivity index (χ1n) is 6.32. The third-order valence-corrected chi connectivity index (χ3v) is 3.86. The minimum Gasteiger partial charge on any atom is -0.322 e. The van der Waals surface area contributed by atoms with Gasteiger partial charge in [0.1, 0.15) is 5.56 Å². The third-order valence-electron chi connectivity index (χ3n) is 3.16. The number of H-pyrrole nitrogens is 1. The van der Waals surface area contributed by atoms with Gasteiger partial charge in [-0.3, -0.25) is 9.59 Å². The molecule has 0 aliphatic heterocycles. The van der Waals surface area contributed by atoms with Crippen molar-refractivity contribution in [2.75, 3.05) is 5.32 Å². The zero-order chi connectivity index (χ0) is 15.1. The van der Waals surface area contributed by atoms with Crippen molar-refractivity contribution >= 4 is 39.1 Å². The molecule has 3 heterocycles. The fraction of sp³-hybridized carbons (Fsp3) is 0. The molecule has 9 heteroatoms. The van der Waals surface area contributed by atoms with Crippen LogP contribution < -0.4 is 10.9 Å². The van der Waals surface area contributed by atoms with Crippen LogP contribution in [-0.2, 0) is 0 Å². The number of nitrogens with one attached hydrogen (secondary N) is 2. The van der Waals surface area contributed by atoms with E-state index in [-0.39, 0.29) is 17.0 Å². The highest BCUT2D eigenvalue weighted by molar-refractivity contribution is 7.12. The van der Waals surface area contributed by atoms with Gasteiger partial charge in [0.05, 0.1) is 6.20 Å². The normalized spacial score (nSPS) is 11.1. The maximum absolute atomic E-state index is 12.4. The molecular formula is C13H8N6O2S. The molecule has 4 rings (SSSR count). The number of fused-ring (bicyclic) bond motifs is 3. The Balaban J connectivity index is 1.84. The molecule has 0 bridgehead atoms. The predicted molar refractivity (Wildman–Crippen MR) is 81.2 cm³/mol. The van der Waals surface area contributed by atoms with Crippen molar-refractivity contribution < 1.29 is 4.79 Å². The highest BCUT2D eigenvalue weighted by atomic mass is 32.1. The first-order chi connectivity index (χ1) is 10.7. The number of carbonyl (C=O) groups excluding carboxylic acids is 1. The molecule has 8 nitrogen and oxygen atoms in total. The van der Waals surface area contributed by atoms with E-state index in [1.54, 1.807) is 12.1 Å². The van der Waals surface area contributed by atoms with E-state index >= 15 is 0 Å². The monoisotopic (exact) mass is 312 g/mol. The van der Waals surface area contributed by atoms with Gasteiger partial charge in [0.15, 0.2) is 16.0 Å². The lowest BCUT2D eigenvalue weighted by Gasteiger charge is -2.03. The van der Waals surface area contributed by atoms with Crippen LogP contribution in [0.2, 0.25) is 0 Å². The zero-order valence-electron chi connectivity index (χ0n) is 11.0. The van der Waals surface area contributed by atoms with Crippen molar-refractivity contribution in [2.45, 2.75) is 0 Å². The van der Waals surface area contributed by atoms with Gasteiger partial charge >= 0.3 is 0 Å². The highest BCUT2D eigenvalue weighted by Crippen LogP contribution is 2.16. The van der Waals surface area contributed by atoms with Crippen LogP contribution >= 0.6 is 11.5 Å². The molecule has 0 atom stereocenters. The Bertz CT molecular complexity index is 1050. The quantitative estimate of drug-likeness (QED) is 0.580. The first kappa shape index (κ1) is 12.7. The van der Waals surface area contributed by atoms with E-state index in [1.807, 2.05) is 18.2 Å². The number of hydrogen-bond donors (Lipinski definition) is 2. The first-order valence-corrected chi connectivity index (χ1v) is 7.10. The smallest absolute Gasteiger partial charge is 0.280 e. The lowest BCUT2D eigenvalue weighted by atomic mass is 10.2. The standard InChI is InChI=1S/C13H8N6O2S/c20-11(15-7-4-2-1-3-5-7)8-6-14-19-10(8)16-12(21)9-13(19)22-18-17-9/h1-6H,(H,15,20)(H,16,21). The summed E-state index contributed by atoms with van der Waals surface area (Å²) in [5.41, 5.74) is 1.06. The van der Waals surface area contributed by atoms with Crippen molar-refractivity contribution in [3.63, 3.8) is 0 Å². The molecule has 2 N–H and O–H groups in total. The Morgan fingerprint density at radius 1 is 1.27 bits per heavy atom. The Morgan fingerprint density at radius 3 is 2.91 bits per heavy atom. The summed E-state index contributed by atoms with van der Waals surface area (Å²) in [6.07, 6.45) is 1.41. The SMILES string of the molecule is O=C(Nc1ccccc1)c1cnn2c1[nH]c(=O)c1nnsc12. The van der Waals surface area contributed by atoms with Crippen LogP contribution in [0.4, 0.5) is 5.69 Å². The molecule has 108 valence electrons. The molecule has 0 saturated carbocycles. The highest BCUT2D eigenvalue weighted by Gasteiger charge is 2.18. The topological polar surface area (TPSA) is 105 Å². The van der Waals surface area contributed by atoms with Gasteiger partial charge in [-0.15, -0.1) is 5.10 Å². The van der Waals surface area contributed by atoms with Crippen LogP contribution in [0.25, 0.3) is 16.0 Å². The number of benzene rings is 1. The lowest BCUT2D eigenvalue weighted by molar-refractivity contribution is 0.102. The van der Waals surface area contributed by atoms with Crippen molar-refractivity contribution in [1.82, 2.24) is 24.2 Å². The summed E-state index contributed by atoms with van der Waals surface area (Å²) in [7, 11) is 0. The number of hydrogen-bond acceptors (Lipinski definition) is 6. The van der Waals surface area contributed by atoms with E-state index in [2.05, 4.69) is 25.0 Å². The van der Waals surface area contributed by atoms with Gasteiger partial charge in [0.2, 0.25) is 0 Å². The summed E-state index contributed by atoms with van der Waals surface area (Å²) >= 11 is 1.05. The van der Waals surface area contributed by atoms with Crippen LogP contribution in [0.15, 0.2) is 41.3 Å². The van der Waals surface area contributed by atoms with Gasteiger partial charge < -0.3 is 10.3 Å². The van der Waals surface area contributed by atoms with Crippen molar-refractivity contribution in [3.05, 3.63) is 52.4 Å². The van der Waals surface area contributed by atoms with Crippen LogP contribution in [0.5, 0.6) is 0 Å². The number of para-hydroxylation sites is 1. The average Bonchev–Trinajstić information content (AvgIpc) is 3.14. The Morgan fingerprint density at radius 2 is 2.09 bits per heavy atom. The largest absolute Gasteiger partial charge is 0.322 e. The molecule has 4 aromatic rings. The molecule has 1 amide bonds. The molecule has 0 spiro atoms. The summed E-state index contributed by atoms with van der Waals surface area (Å²) in [5, 5.41) is 10.6. The minimum atomic E-state index is -0.398. The second kappa shape index (κ2) is 4.74. The van der Waals surface area contributed by atoms with Gasteiger partial charge in [0, 0.05) is 17.2 Å². The molecular weight excluding hydrogens is 304 g/mol. The summed E-state index contributed by atoms with van der Waals surface area (Å²) in [4.78, 5) is 27.4. The van der Waals surface area contributed by atoms with E-state index in [0.29, 0.717) is 16.2 Å². The van der Waals surface area contributed by atoms with Gasteiger partial charge in [-0.25, -0.2) is 4.52 Å². The molecule has 0 unspecified atom stereocenters. The second-order valence-corrected chi connectivity index (χ2v) is 5.25. The van der Waals surface area contributed by atoms with Crippen LogP contribution in [0.1, 0.15) is 10.4 Å². The average molecular weight is 312 g/mol. The summed E-state index contributed by atoms with van der Waals surface area (Å²) in [6, 6.07) is 9.05.